The Morgan fingerprint density at radius 1 is 1.47 bits per heavy atom. The van der Waals surface area contributed by atoms with Crippen molar-refractivity contribution in [2.75, 3.05) is 0 Å². The van der Waals surface area contributed by atoms with Gasteiger partial charge in [0, 0.05) is 6.42 Å². The lowest BCUT2D eigenvalue weighted by Crippen LogP contribution is -2.46. The zero-order chi connectivity index (χ0) is 11.3. The van der Waals surface area contributed by atoms with E-state index in [0.29, 0.717) is 11.3 Å². The van der Waals surface area contributed by atoms with Crippen LogP contribution in [0, 0.1) is 0 Å². The van der Waals surface area contributed by atoms with Crippen LogP contribution >= 0.6 is 0 Å². The summed E-state index contributed by atoms with van der Waals surface area (Å²) in [5, 5.41) is 9.12. The number of nitrogens with two attached hydrogens (primary N) is 1. The Morgan fingerprint density at radius 2 is 2.07 bits per heavy atom. The highest BCUT2D eigenvalue weighted by atomic mass is 16.4. The highest BCUT2D eigenvalue weighted by Crippen LogP contribution is 2.05. The summed E-state index contributed by atoms with van der Waals surface area (Å²) < 4.78 is 0. The Kier molecular flexibility index (Phi) is 3.82. The van der Waals surface area contributed by atoms with Crippen molar-refractivity contribution in [1.29, 1.82) is 0 Å². The molecule has 0 aliphatic carbocycles. The summed E-state index contributed by atoms with van der Waals surface area (Å²) >= 11 is 0. The number of carbonyl (C=O) groups excluding carboxylic acids is 1. The molecule has 15 heavy (non-hydrogen) atoms. The van der Waals surface area contributed by atoms with Gasteiger partial charge in [0.2, 0.25) is 0 Å². The Hall–Kier alpha value is -1.88. The van der Waals surface area contributed by atoms with Gasteiger partial charge in [-0.05, 0) is 5.56 Å². The fourth-order valence-corrected chi connectivity index (χ4v) is 1.21. The molecule has 1 aromatic rings. The molecule has 0 heterocycles. The number of hydrogen-bond acceptors (Lipinski definition) is 3. The van der Waals surface area contributed by atoms with Gasteiger partial charge >= 0.3 is 6.09 Å². The first kappa shape index (κ1) is 11.2. The third kappa shape index (κ3) is 3.07. The molecule has 0 saturated carbocycles. The standard InChI is InChI=1S/C10H12N2O3/c11-12(10(14)15)9(7-13)6-8-4-2-1-3-5-8/h1-5,7,9H,6,11H2,(H,14,15). The topological polar surface area (TPSA) is 83.6 Å². The van der Waals surface area contributed by atoms with Crippen LogP contribution in [0.25, 0.3) is 0 Å². The second-order valence-corrected chi connectivity index (χ2v) is 3.08. The molecule has 0 aromatic heterocycles. The molecular formula is C10H12N2O3. The lowest BCUT2D eigenvalue weighted by atomic mass is 10.1. The molecule has 1 rings (SSSR count). The molecule has 1 aromatic carbocycles. The zero-order valence-corrected chi connectivity index (χ0v) is 8.04. The minimum absolute atomic E-state index is 0.285. The van der Waals surface area contributed by atoms with E-state index in [1.54, 1.807) is 0 Å². The van der Waals surface area contributed by atoms with Gasteiger partial charge in [-0.15, -0.1) is 0 Å². The van der Waals surface area contributed by atoms with Crippen LogP contribution in [0.3, 0.4) is 0 Å². The van der Waals surface area contributed by atoms with Crippen molar-refractivity contribution >= 4 is 12.4 Å². The first-order valence-electron chi connectivity index (χ1n) is 4.41. The van der Waals surface area contributed by atoms with E-state index in [1.165, 1.54) is 0 Å². The maximum absolute atomic E-state index is 10.7. The molecule has 80 valence electrons. The van der Waals surface area contributed by atoms with E-state index in [9.17, 15) is 9.59 Å². The third-order valence-corrected chi connectivity index (χ3v) is 2.02. The average Bonchev–Trinajstić information content (AvgIpc) is 2.26. The smallest absolute Gasteiger partial charge is 0.422 e. The van der Waals surface area contributed by atoms with Crippen LogP contribution in [0.5, 0.6) is 0 Å². The largest absolute Gasteiger partial charge is 0.464 e. The molecule has 0 fully saturated rings. The van der Waals surface area contributed by atoms with Gasteiger partial charge in [-0.2, -0.15) is 0 Å². The van der Waals surface area contributed by atoms with Gasteiger partial charge in [-0.1, -0.05) is 30.3 Å². The molecule has 5 heteroatoms. The molecule has 0 bridgehead atoms. The second-order valence-electron chi connectivity index (χ2n) is 3.08. The number of rotatable bonds is 4. The van der Waals surface area contributed by atoms with E-state index in [1.807, 2.05) is 30.3 Å². The minimum Gasteiger partial charge on any atom is -0.464 e. The molecule has 0 spiro atoms. The monoisotopic (exact) mass is 208 g/mol. The summed E-state index contributed by atoms with van der Waals surface area (Å²) in [5.74, 6) is 5.22. The second kappa shape index (κ2) is 5.11. The summed E-state index contributed by atoms with van der Waals surface area (Å²) in [7, 11) is 0. The molecule has 5 nitrogen and oxygen atoms in total. The van der Waals surface area contributed by atoms with Crippen LogP contribution in [0.1, 0.15) is 5.56 Å². The number of benzene rings is 1. The maximum Gasteiger partial charge on any atom is 0.422 e. The number of carboxylic acid groups (broad SMARTS) is 1. The Balaban J connectivity index is 2.70. The SMILES string of the molecule is NN(C(=O)O)C(C=O)Cc1ccccc1. The van der Waals surface area contributed by atoms with Crippen LogP contribution in [0.4, 0.5) is 4.79 Å². The van der Waals surface area contributed by atoms with Crippen molar-refractivity contribution in [3.63, 3.8) is 0 Å². The number of hydrogen-bond donors (Lipinski definition) is 2. The fraction of sp³-hybridized carbons (Fsp3) is 0.200. The number of aldehydes is 1. The lowest BCUT2D eigenvalue weighted by molar-refractivity contribution is -0.112. The fourth-order valence-electron chi connectivity index (χ4n) is 1.21. The van der Waals surface area contributed by atoms with Gasteiger partial charge in [0.25, 0.3) is 0 Å². The van der Waals surface area contributed by atoms with Crippen LogP contribution in [-0.4, -0.2) is 28.5 Å². The first-order valence-corrected chi connectivity index (χ1v) is 4.41. The first-order chi connectivity index (χ1) is 7.15. The Labute approximate surface area is 87.1 Å². The lowest BCUT2D eigenvalue weighted by Gasteiger charge is -2.19. The third-order valence-electron chi connectivity index (χ3n) is 2.02. The van der Waals surface area contributed by atoms with Gasteiger partial charge in [-0.25, -0.2) is 15.6 Å². The minimum atomic E-state index is -1.32. The van der Waals surface area contributed by atoms with Crippen molar-refractivity contribution in [3.05, 3.63) is 35.9 Å². The molecule has 0 aliphatic rings. The number of amides is 1. The zero-order valence-electron chi connectivity index (χ0n) is 8.04. The summed E-state index contributed by atoms with van der Waals surface area (Å²) in [5.41, 5.74) is 0.867. The van der Waals surface area contributed by atoms with Gasteiger partial charge in [0.15, 0.2) is 0 Å². The van der Waals surface area contributed by atoms with Crippen molar-refractivity contribution in [1.82, 2.24) is 5.01 Å². The summed E-state index contributed by atoms with van der Waals surface area (Å²) in [6, 6.07) is 8.26. The van der Waals surface area contributed by atoms with Crippen molar-refractivity contribution in [2.24, 2.45) is 5.84 Å². The summed E-state index contributed by atoms with van der Waals surface area (Å²) in [6.45, 7) is 0. The molecule has 0 saturated heterocycles. The predicted octanol–water partition coefficient (Wildman–Crippen LogP) is 0.650. The number of carbonyl (C=O) groups is 2. The summed E-state index contributed by atoms with van der Waals surface area (Å²) in [4.78, 5) is 21.2. The van der Waals surface area contributed by atoms with Gasteiger partial charge in [0.05, 0.1) is 0 Å². The van der Waals surface area contributed by atoms with Gasteiger partial charge < -0.3 is 9.90 Å². The molecule has 1 amide bonds. The van der Waals surface area contributed by atoms with Crippen LogP contribution in [0.15, 0.2) is 30.3 Å². The Bertz CT molecular complexity index is 340. The summed E-state index contributed by atoms with van der Waals surface area (Å²) in [6.07, 6.45) is -0.503. The molecule has 3 N–H and O–H groups in total. The molecule has 0 radical (unpaired) electrons. The molecule has 0 aliphatic heterocycles. The van der Waals surface area contributed by atoms with Gasteiger partial charge in [0.1, 0.15) is 12.3 Å². The van der Waals surface area contributed by atoms with E-state index in [-0.39, 0.29) is 6.42 Å². The Morgan fingerprint density at radius 3 is 2.53 bits per heavy atom. The quantitative estimate of drug-likeness (QED) is 0.329. The molecule has 1 atom stereocenters. The normalized spacial score (nSPS) is 11.8. The van der Waals surface area contributed by atoms with E-state index in [2.05, 4.69) is 0 Å². The van der Waals surface area contributed by atoms with E-state index >= 15 is 0 Å². The predicted molar refractivity (Wildman–Crippen MR) is 54.0 cm³/mol. The average molecular weight is 208 g/mol. The molecular weight excluding hydrogens is 196 g/mol. The van der Waals surface area contributed by atoms with Crippen molar-refractivity contribution in [3.8, 4) is 0 Å². The van der Waals surface area contributed by atoms with Crippen molar-refractivity contribution in [2.45, 2.75) is 12.5 Å². The van der Waals surface area contributed by atoms with Crippen LogP contribution in [0.2, 0.25) is 0 Å². The van der Waals surface area contributed by atoms with E-state index in [0.717, 1.165) is 5.56 Å². The molecule has 1 unspecified atom stereocenters. The number of hydrazine groups is 1. The number of nitrogens with zero attached hydrogens (tertiary/aromatic N) is 1. The van der Waals surface area contributed by atoms with Crippen molar-refractivity contribution < 1.29 is 14.7 Å². The van der Waals surface area contributed by atoms with E-state index < -0.39 is 12.1 Å². The van der Waals surface area contributed by atoms with Crippen LogP contribution < -0.4 is 5.84 Å². The van der Waals surface area contributed by atoms with E-state index in [4.69, 9.17) is 10.9 Å². The highest BCUT2D eigenvalue weighted by molar-refractivity contribution is 5.71. The van der Waals surface area contributed by atoms with Crippen LogP contribution in [-0.2, 0) is 11.2 Å². The highest BCUT2D eigenvalue weighted by Gasteiger charge is 2.19. The van der Waals surface area contributed by atoms with Gasteiger partial charge in [-0.3, -0.25) is 0 Å². The maximum atomic E-state index is 10.7.